The van der Waals surface area contributed by atoms with Crippen LogP contribution in [0.4, 0.5) is 5.69 Å². The van der Waals surface area contributed by atoms with Gasteiger partial charge in [-0.25, -0.2) is 9.78 Å². The van der Waals surface area contributed by atoms with E-state index in [0.29, 0.717) is 46.7 Å². The summed E-state index contributed by atoms with van der Waals surface area (Å²) < 4.78 is 9.84. The number of hydrogen-bond donors (Lipinski definition) is 2. The number of imide groups is 1. The number of aryl methyl sites for hydroxylation is 1. The number of nitriles is 1. The monoisotopic (exact) mass is 746 g/mol. The van der Waals surface area contributed by atoms with Crippen LogP contribution in [0, 0.1) is 17.2 Å². The van der Waals surface area contributed by atoms with E-state index >= 15 is 0 Å². The molecule has 1 unspecified atom stereocenters. The lowest BCUT2D eigenvalue weighted by Crippen LogP contribution is -2.44. The van der Waals surface area contributed by atoms with Gasteiger partial charge in [0, 0.05) is 44.4 Å². The molecule has 278 valence electrons. The van der Waals surface area contributed by atoms with Crippen molar-refractivity contribution in [3.63, 3.8) is 0 Å². The van der Waals surface area contributed by atoms with Crippen molar-refractivity contribution in [2.45, 2.75) is 69.2 Å². The van der Waals surface area contributed by atoms with E-state index < -0.39 is 11.9 Å². The smallest absolute Gasteiger partial charge is 0.329 e. The van der Waals surface area contributed by atoms with Crippen molar-refractivity contribution < 1.29 is 19.1 Å². The van der Waals surface area contributed by atoms with Crippen molar-refractivity contribution in [3.05, 3.63) is 81.0 Å². The van der Waals surface area contributed by atoms with Gasteiger partial charge in [0.05, 0.1) is 50.2 Å². The Morgan fingerprint density at radius 3 is 2.57 bits per heavy atom. The summed E-state index contributed by atoms with van der Waals surface area (Å²) in [5.74, 6) is 0.807. The summed E-state index contributed by atoms with van der Waals surface area (Å²) in [6.45, 7) is 3.09. The van der Waals surface area contributed by atoms with Gasteiger partial charge in [-0.2, -0.15) is 5.26 Å². The number of nitrogens with zero attached hydrogens (tertiary/aromatic N) is 6. The molecule has 1 atom stereocenters. The Balaban J connectivity index is 0.879. The Labute approximate surface area is 315 Å². The minimum Gasteiger partial charge on any atom is -0.494 e. The van der Waals surface area contributed by atoms with Gasteiger partial charge in [-0.05, 0) is 93.6 Å². The van der Waals surface area contributed by atoms with E-state index in [1.54, 1.807) is 34.6 Å². The molecule has 3 aliphatic rings. The third-order valence-corrected chi connectivity index (χ3v) is 12.7. The molecule has 5 heterocycles. The van der Waals surface area contributed by atoms with Crippen molar-refractivity contribution in [1.82, 2.24) is 29.3 Å². The van der Waals surface area contributed by atoms with Crippen LogP contribution >= 0.6 is 11.3 Å². The fourth-order valence-corrected chi connectivity index (χ4v) is 9.80. The number of likely N-dealkylation sites (tertiary alicyclic amines) is 1. The lowest BCUT2D eigenvalue weighted by atomic mass is 9.81. The van der Waals surface area contributed by atoms with Crippen LogP contribution in [0.5, 0.6) is 5.75 Å². The molecule has 1 aliphatic carbocycles. The zero-order chi connectivity index (χ0) is 37.5. The van der Waals surface area contributed by atoms with E-state index in [4.69, 9.17) is 9.72 Å². The van der Waals surface area contributed by atoms with Gasteiger partial charge in [-0.15, -0.1) is 11.3 Å². The molecule has 3 amide bonds. The second kappa shape index (κ2) is 14.8. The van der Waals surface area contributed by atoms with Gasteiger partial charge in [0.25, 0.3) is 5.91 Å². The maximum absolute atomic E-state index is 13.4. The van der Waals surface area contributed by atoms with Crippen molar-refractivity contribution in [3.8, 4) is 11.8 Å². The predicted molar refractivity (Wildman–Crippen MR) is 205 cm³/mol. The first-order chi connectivity index (χ1) is 26.2. The second-order valence-electron chi connectivity index (χ2n) is 14.8. The number of carbonyl (C=O) groups is 3. The second-order valence-corrected chi connectivity index (χ2v) is 15.8. The molecule has 2 N–H and O–H groups in total. The van der Waals surface area contributed by atoms with E-state index in [9.17, 15) is 24.4 Å². The number of aromatic nitrogens is 4. The number of piperidine rings is 2. The van der Waals surface area contributed by atoms with Gasteiger partial charge in [0.2, 0.25) is 11.8 Å². The first-order valence-corrected chi connectivity index (χ1v) is 19.4. The number of imidazole rings is 1. The molecule has 13 nitrogen and oxygen atoms in total. The van der Waals surface area contributed by atoms with E-state index in [0.717, 1.165) is 90.0 Å². The maximum Gasteiger partial charge on any atom is 0.329 e. The summed E-state index contributed by atoms with van der Waals surface area (Å²) in [7, 11) is 3.35. The SMILES string of the molecule is COc1cc2nc(C3CCC(CN4CCC(c5cccc6c5n(C)c(=O)n6C5CCC(=O)NC5=O)CC4)CC3)sc2cc1NC(=O)c1cncc(C#N)c1. The lowest BCUT2D eigenvalue weighted by molar-refractivity contribution is -0.135. The fourth-order valence-electron chi connectivity index (χ4n) is 8.65. The van der Waals surface area contributed by atoms with Crippen LogP contribution in [0.3, 0.4) is 0 Å². The first-order valence-electron chi connectivity index (χ1n) is 18.6. The number of rotatable bonds is 8. The Hall–Kier alpha value is -5.39. The zero-order valence-corrected chi connectivity index (χ0v) is 31.2. The average Bonchev–Trinajstić information content (AvgIpc) is 3.72. The summed E-state index contributed by atoms with van der Waals surface area (Å²) in [6, 6.07) is 12.7. The number of hydrogen-bond acceptors (Lipinski definition) is 10. The molecular formula is C40H42N8O5S. The minimum atomic E-state index is -0.684. The molecule has 2 aromatic carbocycles. The molecule has 8 rings (SSSR count). The van der Waals surface area contributed by atoms with Gasteiger partial charge < -0.3 is 15.0 Å². The van der Waals surface area contributed by atoms with E-state index in [2.05, 4.69) is 26.6 Å². The molecule has 14 heteroatoms. The van der Waals surface area contributed by atoms with Gasteiger partial charge in [-0.3, -0.25) is 33.8 Å². The van der Waals surface area contributed by atoms with Crippen molar-refractivity contribution in [2.24, 2.45) is 13.0 Å². The standard InChI is InChI=1S/C40H42N8O5S/c1-46-36-28(4-3-5-31(36)48(40(46)52)32-10-11-35(49)45-38(32)51)25-12-14-47(15-13-25)22-23-6-8-26(9-7-23)39-44-30-17-33(53-2)29(18-34(30)54-39)43-37(50)27-16-24(19-41)20-42-21-27/h3-5,16-18,20-21,23,25-26,32H,6-15,22H2,1-2H3,(H,43,50)(H,45,49,51). The zero-order valence-electron chi connectivity index (χ0n) is 30.3. The summed E-state index contributed by atoms with van der Waals surface area (Å²) in [4.78, 5) is 62.5. The summed E-state index contributed by atoms with van der Waals surface area (Å²) >= 11 is 1.67. The fraction of sp³-hybridized carbons (Fsp3) is 0.425. The van der Waals surface area contributed by atoms with Crippen LogP contribution in [0.25, 0.3) is 21.3 Å². The summed E-state index contributed by atoms with van der Waals surface area (Å²) in [6.07, 6.45) is 9.89. The molecule has 3 fully saturated rings. The number of methoxy groups -OCH3 is 1. The molecule has 0 bridgehead atoms. The maximum atomic E-state index is 13.4. The summed E-state index contributed by atoms with van der Waals surface area (Å²) in [5, 5.41) is 15.6. The number of fused-ring (bicyclic) bond motifs is 2. The highest BCUT2D eigenvalue weighted by molar-refractivity contribution is 7.18. The Bertz CT molecular complexity index is 2370. The molecule has 1 saturated carbocycles. The van der Waals surface area contributed by atoms with Crippen LogP contribution in [-0.2, 0) is 16.6 Å². The number of amides is 3. The normalized spacial score (nSPS) is 21.2. The van der Waals surface area contributed by atoms with E-state index in [1.165, 1.54) is 18.5 Å². The number of thiazole rings is 1. The third-order valence-electron chi connectivity index (χ3n) is 11.5. The minimum absolute atomic E-state index is 0.223. The predicted octanol–water partition coefficient (Wildman–Crippen LogP) is 5.61. The van der Waals surface area contributed by atoms with Crippen LogP contribution in [0.1, 0.15) is 95.7 Å². The summed E-state index contributed by atoms with van der Waals surface area (Å²) in [5.41, 5.74) is 4.59. The molecular weight excluding hydrogens is 705 g/mol. The Morgan fingerprint density at radius 2 is 1.83 bits per heavy atom. The quantitative estimate of drug-likeness (QED) is 0.192. The molecule has 5 aromatic rings. The topological polar surface area (TPSA) is 164 Å². The Morgan fingerprint density at radius 1 is 1.04 bits per heavy atom. The largest absolute Gasteiger partial charge is 0.494 e. The molecule has 3 aromatic heterocycles. The number of carbonyl (C=O) groups excluding carboxylic acids is 3. The molecule has 2 saturated heterocycles. The van der Waals surface area contributed by atoms with Crippen LogP contribution < -0.4 is 21.1 Å². The number of ether oxygens (including phenoxy) is 1. The van der Waals surface area contributed by atoms with Crippen LogP contribution in [0.2, 0.25) is 0 Å². The molecule has 0 radical (unpaired) electrons. The van der Waals surface area contributed by atoms with Crippen LogP contribution in [-0.4, -0.2) is 68.5 Å². The van der Waals surface area contributed by atoms with Crippen molar-refractivity contribution >= 4 is 56.0 Å². The molecule has 54 heavy (non-hydrogen) atoms. The van der Waals surface area contributed by atoms with Gasteiger partial charge in [0.1, 0.15) is 17.9 Å². The van der Waals surface area contributed by atoms with Crippen LogP contribution in [0.15, 0.2) is 53.6 Å². The number of benzene rings is 2. The number of anilines is 1. The molecule has 0 spiro atoms. The van der Waals surface area contributed by atoms with Crippen molar-refractivity contribution in [2.75, 3.05) is 32.1 Å². The highest BCUT2D eigenvalue weighted by Crippen LogP contribution is 2.42. The average molecular weight is 747 g/mol. The van der Waals surface area contributed by atoms with Gasteiger partial charge >= 0.3 is 5.69 Å². The highest BCUT2D eigenvalue weighted by atomic mass is 32.1. The first kappa shape index (κ1) is 35.6. The number of nitrogens with one attached hydrogen (secondary N) is 2. The van der Waals surface area contributed by atoms with E-state index in [1.807, 2.05) is 30.3 Å². The van der Waals surface area contributed by atoms with Gasteiger partial charge in [0.15, 0.2) is 0 Å². The number of para-hydroxylation sites is 1. The van der Waals surface area contributed by atoms with E-state index in [-0.39, 0.29) is 23.9 Å². The van der Waals surface area contributed by atoms with Crippen molar-refractivity contribution in [1.29, 1.82) is 5.26 Å². The highest BCUT2D eigenvalue weighted by Gasteiger charge is 2.33. The number of pyridine rings is 1. The Kier molecular flexibility index (Phi) is 9.76. The third kappa shape index (κ3) is 6.78. The lowest BCUT2D eigenvalue weighted by Gasteiger charge is -2.36. The van der Waals surface area contributed by atoms with Gasteiger partial charge in [-0.1, -0.05) is 12.1 Å². The molecule has 2 aliphatic heterocycles.